The zero-order valence-electron chi connectivity index (χ0n) is 26.2. The first kappa shape index (κ1) is 32.6. The van der Waals surface area contributed by atoms with Gasteiger partial charge in [0.1, 0.15) is 37.9 Å². The van der Waals surface area contributed by atoms with Crippen molar-refractivity contribution < 1.29 is 28.8 Å². The molecule has 10 heteroatoms. The number of halogens is 1. The van der Waals surface area contributed by atoms with Gasteiger partial charge < -0.3 is 24.1 Å². The second kappa shape index (κ2) is 14.1. The fraction of sp³-hybridized carbons (Fsp3) is 0.278. The van der Waals surface area contributed by atoms with Gasteiger partial charge in [0, 0.05) is 18.2 Å². The standard InChI is InChI=1S/C36H36ClN3O6/c1-23-27(9-6-10-29(23)26-11-12-31-34(17-26)44-14-13-43-31)22-46-33-18-32(45-21-25-8-5-7-24(15-25)19-38)28(16-30(33)37)20-39-36(2,35(41)42)40(3)4/h5-12,15-18,39H,13-14,20-22H2,1-4H3,(H,41,42). The normalized spacial score (nSPS) is 13.5. The molecule has 238 valence electrons. The molecule has 0 spiro atoms. The number of fused-ring (bicyclic) bond motifs is 1. The van der Waals surface area contributed by atoms with Crippen molar-refractivity contribution in [3.05, 3.63) is 106 Å². The Kier molecular flexibility index (Phi) is 10.0. The Bertz CT molecular complexity index is 1790. The monoisotopic (exact) mass is 641 g/mol. The zero-order valence-corrected chi connectivity index (χ0v) is 27.0. The van der Waals surface area contributed by atoms with Crippen molar-refractivity contribution in [3.63, 3.8) is 0 Å². The third kappa shape index (κ3) is 7.21. The molecule has 0 aromatic heterocycles. The van der Waals surface area contributed by atoms with Crippen LogP contribution in [0.15, 0.2) is 72.8 Å². The van der Waals surface area contributed by atoms with Crippen molar-refractivity contribution in [3.8, 4) is 40.2 Å². The number of rotatable bonds is 12. The predicted octanol–water partition coefficient (Wildman–Crippen LogP) is 6.57. The lowest BCUT2D eigenvalue weighted by atomic mass is 9.96. The smallest absolute Gasteiger partial charge is 0.338 e. The van der Waals surface area contributed by atoms with Crippen molar-refractivity contribution in [2.24, 2.45) is 0 Å². The van der Waals surface area contributed by atoms with Gasteiger partial charge in [0.05, 0.1) is 16.7 Å². The van der Waals surface area contributed by atoms with Crippen molar-refractivity contribution in [1.82, 2.24) is 10.2 Å². The van der Waals surface area contributed by atoms with Gasteiger partial charge in [0.15, 0.2) is 17.2 Å². The first-order chi connectivity index (χ1) is 22.1. The van der Waals surface area contributed by atoms with Gasteiger partial charge in [-0.3, -0.25) is 10.2 Å². The number of hydrogen-bond donors (Lipinski definition) is 2. The van der Waals surface area contributed by atoms with E-state index < -0.39 is 11.6 Å². The minimum absolute atomic E-state index is 0.158. The van der Waals surface area contributed by atoms with Crippen molar-refractivity contribution in [1.29, 1.82) is 5.26 Å². The van der Waals surface area contributed by atoms with E-state index in [2.05, 4.69) is 24.4 Å². The number of aliphatic carboxylic acids is 1. The molecule has 0 bridgehead atoms. The highest BCUT2D eigenvalue weighted by Crippen LogP contribution is 2.37. The topological polar surface area (TPSA) is 113 Å². The SMILES string of the molecule is Cc1c(COc2cc(OCc3cccc(C#N)c3)c(CNC(C)(C(=O)O)N(C)C)cc2Cl)cccc1-c1ccc2c(c1)OCCO2. The number of nitrogens with one attached hydrogen (secondary N) is 1. The van der Waals surface area contributed by atoms with Gasteiger partial charge in [-0.05, 0) is 86.1 Å². The van der Waals surface area contributed by atoms with Crippen LogP contribution in [0.1, 0.15) is 34.7 Å². The molecule has 1 heterocycles. The highest BCUT2D eigenvalue weighted by atomic mass is 35.5. The first-order valence-corrected chi connectivity index (χ1v) is 15.2. The molecule has 0 saturated carbocycles. The third-order valence-electron chi connectivity index (χ3n) is 8.18. The summed E-state index contributed by atoms with van der Waals surface area (Å²) in [6, 6.07) is 24.7. The quantitative estimate of drug-likeness (QED) is 0.166. The van der Waals surface area contributed by atoms with Gasteiger partial charge in [-0.2, -0.15) is 5.26 Å². The minimum atomic E-state index is -1.33. The van der Waals surface area contributed by atoms with Gasteiger partial charge in [-0.1, -0.05) is 48.0 Å². The summed E-state index contributed by atoms with van der Waals surface area (Å²) >= 11 is 6.74. The van der Waals surface area contributed by atoms with E-state index in [1.807, 2.05) is 36.4 Å². The van der Waals surface area contributed by atoms with Gasteiger partial charge >= 0.3 is 5.97 Å². The van der Waals surface area contributed by atoms with Gasteiger partial charge in [0.25, 0.3) is 0 Å². The predicted molar refractivity (Wildman–Crippen MR) is 175 cm³/mol. The maximum atomic E-state index is 12.1. The second-order valence-corrected chi connectivity index (χ2v) is 11.8. The Morgan fingerprint density at radius 3 is 2.46 bits per heavy atom. The molecule has 1 aliphatic heterocycles. The molecule has 1 atom stereocenters. The molecule has 0 radical (unpaired) electrons. The number of nitrogens with zero attached hydrogens (tertiary/aromatic N) is 2. The maximum absolute atomic E-state index is 12.1. The van der Waals surface area contributed by atoms with Gasteiger partial charge in [-0.15, -0.1) is 0 Å². The van der Waals surface area contributed by atoms with Gasteiger partial charge in [0.2, 0.25) is 0 Å². The number of hydrogen-bond acceptors (Lipinski definition) is 8. The molecule has 0 aliphatic carbocycles. The molecule has 0 fully saturated rings. The molecule has 46 heavy (non-hydrogen) atoms. The summed E-state index contributed by atoms with van der Waals surface area (Å²) in [7, 11) is 3.38. The lowest BCUT2D eigenvalue weighted by Crippen LogP contribution is -2.59. The second-order valence-electron chi connectivity index (χ2n) is 11.4. The molecule has 2 N–H and O–H groups in total. The molecular weight excluding hydrogens is 606 g/mol. The molecule has 9 nitrogen and oxygen atoms in total. The van der Waals surface area contributed by atoms with E-state index in [1.54, 1.807) is 56.3 Å². The van der Waals surface area contributed by atoms with Crippen molar-refractivity contribution in [2.75, 3.05) is 27.3 Å². The van der Waals surface area contributed by atoms with Crippen LogP contribution < -0.4 is 24.3 Å². The Labute approximate surface area is 273 Å². The molecule has 0 amide bonds. The molecule has 4 aromatic carbocycles. The van der Waals surface area contributed by atoms with Crippen LogP contribution in [0.25, 0.3) is 11.1 Å². The Balaban J connectivity index is 1.40. The summed E-state index contributed by atoms with van der Waals surface area (Å²) in [5.41, 5.74) is 4.76. The zero-order chi connectivity index (χ0) is 32.8. The number of nitriles is 1. The number of benzene rings is 4. The Morgan fingerprint density at radius 2 is 1.72 bits per heavy atom. The molecule has 1 unspecified atom stereocenters. The third-order valence-corrected chi connectivity index (χ3v) is 8.48. The summed E-state index contributed by atoms with van der Waals surface area (Å²) in [5.74, 6) is 1.34. The molecule has 0 saturated heterocycles. The van der Waals surface area contributed by atoms with E-state index >= 15 is 0 Å². The highest BCUT2D eigenvalue weighted by Gasteiger charge is 2.35. The first-order valence-electron chi connectivity index (χ1n) is 14.8. The molecule has 5 rings (SSSR count). The van der Waals surface area contributed by atoms with Crippen LogP contribution in [0.5, 0.6) is 23.0 Å². The number of carboxylic acid groups (broad SMARTS) is 1. The van der Waals surface area contributed by atoms with E-state index in [-0.39, 0.29) is 19.8 Å². The Hall–Kier alpha value is -4.75. The maximum Gasteiger partial charge on any atom is 0.338 e. The number of ether oxygens (including phenoxy) is 4. The van der Waals surface area contributed by atoms with Crippen LogP contribution in [0.4, 0.5) is 0 Å². The summed E-state index contributed by atoms with van der Waals surface area (Å²) in [6.45, 7) is 5.29. The molecule has 4 aromatic rings. The molecular formula is C36H36ClN3O6. The molecule has 1 aliphatic rings. The van der Waals surface area contributed by atoms with E-state index in [0.717, 1.165) is 39.3 Å². The van der Waals surface area contributed by atoms with Crippen LogP contribution in [-0.4, -0.2) is 48.9 Å². The average Bonchev–Trinajstić information content (AvgIpc) is 3.06. The van der Waals surface area contributed by atoms with E-state index in [1.165, 1.54) is 0 Å². The van der Waals surface area contributed by atoms with Crippen LogP contribution in [0.2, 0.25) is 5.02 Å². The van der Waals surface area contributed by atoms with Crippen LogP contribution in [0.3, 0.4) is 0 Å². The summed E-state index contributed by atoms with van der Waals surface area (Å²) in [6.07, 6.45) is 0. The minimum Gasteiger partial charge on any atom is -0.488 e. The van der Waals surface area contributed by atoms with E-state index in [9.17, 15) is 15.2 Å². The number of likely N-dealkylation sites (N-methyl/N-ethyl adjacent to an activating group) is 1. The fourth-order valence-corrected chi connectivity index (χ4v) is 5.30. The van der Waals surface area contributed by atoms with E-state index in [4.69, 9.17) is 30.5 Å². The van der Waals surface area contributed by atoms with Crippen molar-refractivity contribution in [2.45, 2.75) is 39.3 Å². The van der Waals surface area contributed by atoms with Crippen LogP contribution >= 0.6 is 11.6 Å². The Morgan fingerprint density at radius 1 is 0.978 bits per heavy atom. The number of carbonyl (C=O) groups is 1. The lowest BCUT2D eigenvalue weighted by Gasteiger charge is -2.33. The average molecular weight is 642 g/mol. The van der Waals surface area contributed by atoms with Crippen molar-refractivity contribution >= 4 is 17.6 Å². The lowest BCUT2D eigenvalue weighted by molar-refractivity contribution is -0.151. The summed E-state index contributed by atoms with van der Waals surface area (Å²) < 4.78 is 24.0. The van der Waals surface area contributed by atoms with Crippen LogP contribution in [-0.2, 0) is 24.6 Å². The largest absolute Gasteiger partial charge is 0.488 e. The summed E-state index contributed by atoms with van der Waals surface area (Å²) in [5, 5.41) is 22.6. The highest BCUT2D eigenvalue weighted by molar-refractivity contribution is 6.32. The van der Waals surface area contributed by atoms with Crippen LogP contribution in [0, 0.1) is 18.3 Å². The van der Waals surface area contributed by atoms with E-state index in [0.29, 0.717) is 40.9 Å². The fourth-order valence-electron chi connectivity index (χ4n) is 5.06. The van der Waals surface area contributed by atoms with Gasteiger partial charge in [-0.25, -0.2) is 4.79 Å². The number of carboxylic acids is 1. The summed E-state index contributed by atoms with van der Waals surface area (Å²) in [4.78, 5) is 13.7.